The largest absolute Gasteiger partial charge is 0.354 e. The van der Waals surface area contributed by atoms with Crippen LogP contribution in [0.25, 0.3) is 0 Å². The maximum absolute atomic E-state index is 5.85. The van der Waals surface area contributed by atoms with Gasteiger partial charge in [-0.25, -0.2) is 0 Å². The molecule has 0 aromatic heterocycles. The van der Waals surface area contributed by atoms with Crippen LogP contribution in [0.3, 0.4) is 0 Å². The van der Waals surface area contributed by atoms with Crippen LogP contribution in [0.4, 0.5) is 5.69 Å². The van der Waals surface area contributed by atoms with Crippen LogP contribution in [0.1, 0.15) is 13.8 Å². The van der Waals surface area contributed by atoms with E-state index >= 15 is 0 Å². The average molecular weight is 253 g/mol. The Bertz CT molecular complexity index is 437. The van der Waals surface area contributed by atoms with Crippen LogP contribution in [0.2, 0.25) is 5.02 Å². The van der Waals surface area contributed by atoms with E-state index in [1.165, 1.54) is 0 Å². The van der Waals surface area contributed by atoms with Gasteiger partial charge < -0.3 is 5.32 Å². The van der Waals surface area contributed by atoms with Crippen molar-refractivity contribution in [2.45, 2.75) is 19.4 Å². The third kappa shape index (κ3) is 2.36. The van der Waals surface area contributed by atoms with Crippen LogP contribution < -0.4 is 10.2 Å². The van der Waals surface area contributed by atoms with E-state index in [0.717, 1.165) is 10.7 Å². The first-order valence-electron chi connectivity index (χ1n) is 5.04. The van der Waals surface area contributed by atoms with Gasteiger partial charge in [-0.15, -0.1) is 0 Å². The fourth-order valence-corrected chi connectivity index (χ4v) is 2.07. The molecule has 1 N–H and O–H groups in total. The van der Waals surface area contributed by atoms with E-state index in [1.807, 2.05) is 35.4 Å². The zero-order valence-corrected chi connectivity index (χ0v) is 10.8. The lowest BCUT2D eigenvalue weighted by atomic mass is 10.0. The summed E-state index contributed by atoms with van der Waals surface area (Å²) in [6.45, 7) is 4.16. The molecule has 0 atom stereocenters. The summed E-state index contributed by atoms with van der Waals surface area (Å²) in [5.74, 6) is 0. The molecule has 0 bridgehead atoms. The van der Waals surface area contributed by atoms with Gasteiger partial charge in [-0.3, -0.25) is 4.90 Å². The zero-order valence-electron chi connectivity index (χ0n) is 9.20. The molecule has 1 heterocycles. The zero-order chi connectivity index (χ0) is 11.8. The Labute approximate surface area is 106 Å². The molecule has 0 spiro atoms. The predicted molar refractivity (Wildman–Crippen MR) is 72.9 cm³/mol. The molecule has 0 fully saturated rings. The second-order valence-electron chi connectivity index (χ2n) is 4.31. The van der Waals surface area contributed by atoms with Gasteiger partial charge in [-0.05, 0) is 56.4 Å². The van der Waals surface area contributed by atoms with E-state index in [9.17, 15) is 0 Å². The quantitative estimate of drug-likeness (QED) is 0.772. The Balaban J connectivity index is 2.29. The summed E-state index contributed by atoms with van der Waals surface area (Å²) in [5.41, 5.74) is 0.925. The van der Waals surface area contributed by atoms with Gasteiger partial charge in [0.2, 0.25) is 0 Å². The molecular formula is C12H13ClN2S. The Morgan fingerprint density at radius 2 is 1.88 bits per heavy atom. The van der Waals surface area contributed by atoms with Gasteiger partial charge in [0, 0.05) is 16.9 Å². The molecule has 0 amide bonds. The van der Waals surface area contributed by atoms with Crippen molar-refractivity contribution >= 4 is 34.6 Å². The smallest absolute Gasteiger partial charge is 0.178 e. The highest BCUT2D eigenvalue weighted by atomic mass is 35.5. The fraction of sp³-hybridized carbons (Fsp3) is 0.250. The van der Waals surface area contributed by atoms with E-state index in [-0.39, 0.29) is 5.54 Å². The molecule has 1 aromatic rings. The number of halogens is 1. The minimum absolute atomic E-state index is 0.0833. The Morgan fingerprint density at radius 3 is 2.44 bits per heavy atom. The lowest BCUT2D eigenvalue weighted by molar-refractivity contribution is 0.566. The van der Waals surface area contributed by atoms with Crippen molar-refractivity contribution in [2.24, 2.45) is 0 Å². The summed E-state index contributed by atoms with van der Waals surface area (Å²) in [6.07, 6.45) is 4.07. The number of nitrogens with zero attached hydrogens (tertiary/aromatic N) is 1. The van der Waals surface area contributed by atoms with Crippen LogP contribution in [-0.2, 0) is 0 Å². The van der Waals surface area contributed by atoms with Crippen LogP contribution >= 0.6 is 23.8 Å². The van der Waals surface area contributed by atoms with Crippen molar-refractivity contribution in [1.29, 1.82) is 0 Å². The maximum atomic E-state index is 5.85. The second kappa shape index (κ2) is 4.07. The molecule has 0 unspecified atom stereocenters. The van der Waals surface area contributed by atoms with Crippen molar-refractivity contribution in [1.82, 2.24) is 5.32 Å². The summed E-state index contributed by atoms with van der Waals surface area (Å²) >= 11 is 11.2. The highest BCUT2D eigenvalue weighted by Crippen LogP contribution is 2.22. The van der Waals surface area contributed by atoms with Gasteiger partial charge in [-0.2, -0.15) is 0 Å². The molecule has 0 radical (unpaired) electrons. The molecule has 16 heavy (non-hydrogen) atoms. The normalized spacial score (nSPS) is 18.4. The molecule has 2 rings (SSSR count). The first-order chi connectivity index (χ1) is 7.48. The molecule has 1 aliphatic rings. The van der Waals surface area contributed by atoms with E-state index < -0.39 is 0 Å². The fourth-order valence-electron chi connectivity index (χ4n) is 1.51. The Kier molecular flexibility index (Phi) is 2.91. The second-order valence-corrected chi connectivity index (χ2v) is 5.14. The van der Waals surface area contributed by atoms with Crippen molar-refractivity contribution in [3.05, 3.63) is 41.6 Å². The highest BCUT2D eigenvalue weighted by Gasteiger charge is 2.23. The number of hydrogen-bond acceptors (Lipinski definition) is 1. The van der Waals surface area contributed by atoms with Crippen molar-refractivity contribution in [3.63, 3.8) is 0 Å². The van der Waals surface area contributed by atoms with Crippen LogP contribution in [0, 0.1) is 0 Å². The molecule has 0 saturated carbocycles. The molecule has 4 heteroatoms. The van der Waals surface area contributed by atoms with Gasteiger partial charge in [0.1, 0.15) is 0 Å². The summed E-state index contributed by atoms with van der Waals surface area (Å²) in [6, 6.07) is 7.60. The minimum Gasteiger partial charge on any atom is -0.354 e. The van der Waals surface area contributed by atoms with Crippen molar-refractivity contribution in [2.75, 3.05) is 4.90 Å². The number of hydrogen-bond donors (Lipinski definition) is 1. The molecule has 1 aromatic carbocycles. The molecule has 84 valence electrons. The number of thiocarbonyl (C=S) groups is 1. The molecule has 0 aliphatic carbocycles. The summed E-state index contributed by atoms with van der Waals surface area (Å²) in [4.78, 5) is 1.93. The van der Waals surface area contributed by atoms with Gasteiger partial charge in [0.25, 0.3) is 0 Å². The molecule has 2 nitrogen and oxygen atoms in total. The van der Waals surface area contributed by atoms with Crippen molar-refractivity contribution in [3.8, 4) is 0 Å². The van der Waals surface area contributed by atoms with Gasteiger partial charge in [-0.1, -0.05) is 11.6 Å². The molecule has 0 saturated heterocycles. The first-order valence-corrected chi connectivity index (χ1v) is 5.83. The summed E-state index contributed by atoms with van der Waals surface area (Å²) < 4.78 is 0. The third-order valence-electron chi connectivity index (χ3n) is 2.39. The Morgan fingerprint density at radius 1 is 1.25 bits per heavy atom. The van der Waals surface area contributed by atoms with Crippen molar-refractivity contribution < 1.29 is 0 Å². The topological polar surface area (TPSA) is 15.3 Å². The van der Waals surface area contributed by atoms with E-state index in [4.69, 9.17) is 23.8 Å². The van der Waals surface area contributed by atoms with E-state index in [0.29, 0.717) is 5.11 Å². The number of rotatable bonds is 1. The monoisotopic (exact) mass is 252 g/mol. The third-order valence-corrected chi connectivity index (χ3v) is 2.94. The lowest BCUT2D eigenvalue weighted by Gasteiger charge is -2.34. The number of anilines is 1. The number of benzene rings is 1. The maximum Gasteiger partial charge on any atom is 0.178 e. The van der Waals surface area contributed by atoms with Gasteiger partial charge in [0.05, 0.1) is 5.54 Å². The van der Waals surface area contributed by atoms with E-state index in [2.05, 4.69) is 25.2 Å². The first kappa shape index (κ1) is 11.4. The average Bonchev–Trinajstić information content (AvgIpc) is 2.19. The highest BCUT2D eigenvalue weighted by molar-refractivity contribution is 7.80. The summed E-state index contributed by atoms with van der Waals surface area (Å²) in [7, 11) is 0. The lowest BCUT2D eigenvalue weighted by Crippen LogP contribution is -2.51. The number of nitrogens with one attached hydrogen (secondary N) is 1. The van der Waals surface area contributed by atoms with Crippen LogP contribution in [-0.4, -0.2) is 10.7 Å². The predicted octanol–water partition coefficient (Wildman–Crippen LogP) is 3.33. The summed E-state index contributed by atoms with van der Waals surface area (Å²) in [5, 5.41) is 4.69. The standard InChI is InChI=1S/C12H13ClN2S/c1-12(2)7-8-15(11(16)14-12)10-5-3-9(13)4-6-10/h3-8H,1-2H3,(H,14,16). The SMILES string of the molecule is CC1(C)C=CN(c2ccc(Cl)cc2)C(=S)N1. The molecule has 1 aliphatic heterocycles. The Hall–Kier alpha value is -1.06. The molecular weight excluding hydrogens is 240 g/mol. The van der Waals surface area contributed by atoms with Gasteiger partial charge in [0.15, 0.2) is 5.11 Å². The minimum atomic E-state index is -0.0833. The van der Waals surface area contributed by atoms with Crippen LogP contribution in [0.5, 0.6) is 0 Å². The van der Waals surface area contributed by atoms with Crippen LogP contribution in [0.15, 0.2) is 36.5 Å². The van der Waals surface area contributed by atoms with Gasteiger partial charge >= 0.3 is 0 Å². The van der Waals surface area contributed by atoms with E-state index in [1.54, 1.807) is 0 Å².